The Balaban J connectivity index is 1.26. The van der Waals surface area contributed by atoms with Crippen LogP contribution in [-0.4, -0.2) is 35.0 Å². The average molecular weight is 411 g/mol. The molecular formula is C23H27ClN4O. The SMILES string of the molecule is C[C@@H](CCc1ccccc1)NC(=O)C1CCN(c2nc3ccc(Cl)cc3[nH]2)CC1. The van der Waals surface area contributed by atoms with Crippen molar-refractivity contribution in [2.24, 2.45) is 5.92 Å². The number of benzene rings is 2. The summed E-state index contributed by atoms with van der Waals surface area (Å²) in [6.07, 6.45) is 3.62. The van der Waals surface area contributed by atoms with Gasteiger partial charge in [0.15, 0.2) is 0 Å². The molecule has 152 valence electrons. The van der Waals surface area contributed by atoms with Crippen molar-refractivity contribution in [3.05, 3.63) is 59.1 Å². The lowest BCUT2D eigenvalue weighted by molar-refractivity contribution is -0.126. The number of anilines is 1. The predicted molar refractivity (Wildman–Crippen MR) is 118 cm³/mol. The summed E-state index contributed by atoms with van der Waals surface area (Å²) < 4.78 is 0. The Morgan fingerprint density at radius 3 is 2.76 bits per heavy atom. The Hall–Kier alpha value is -2.53. The number of aromatic nitrogens is 2. The molecular weight excluding hydrogens is 384 g/mol. The molecule has 1 saturated heterocycles. The van der Waals surface area contributed by atoms with Crippen molar-refractivity contribution in [1.29, 1.82) is 0 Å². The van der Waals surface area contributed by atoms with E-state index in [4.69, 9.17) is 11.6 Å². The van der Waals surface area contributed by atoms with Crippen LogP contribution in [0.3, 0.4) is 0 Å². The van der Waals surface area contributed by atoms with Gasteiger partial charge in [-0.15, -0.1) is 0 Å². The summed E-state index contributed by atoms with van der Waals surface area (Å²) in [5.41, 5.74) is 3.17. The number of hydrogen-bond donors (Lipinski definition) is 2. The van der Waals surface area contributed by atoms with Gasteiger partial charge >= 0.3 is 0 Å². The summed E-state index contributed by atoms with van der Waals surface area (Å²) in [5.74, 6) is 1.11. The van der Waals surface area contributed by atoms with Crippen LogP contribution in [0.15, 0.2) is 48.5 Å². The number of fused-ring (bicyclic) bond motifs is 1. The number of nitrogens with zero attached hydrogens (tertiary/aromatic N) is 2. The highest BCUT2D eigenvalue weighted by molar-refractivity contribution is 6.31. The third-order valence-electron chi connectivity index (χ3n) is 5.69. The van der Waals surface area contributed by atoms with Crippen molar-refractivity contribution in [3.63, 3.8) is 0 Å². The van der Waals surface area contributed by atoms with Crippen LogP contribution in [0, 0.1) is 5.92 Å². The number of carbonyl (C=O) groups is 1. The largest absolute Gasteiger partial charge is 0.353 e. The highest BCUT2D eigenvalue weighted by atomic mass is 35.5. The van der Waals surface area contributed by atoms with E-state index >= 15 is 0 Å². The van der Waals surface area contributed by atoms with Gasteiger partial charge in [-0.25, -0.2) is 4.98 Å². The van der Waals surface area contributed by atoms with Crippen LogP contribution in [-0.2, 0) is 11.2 Å². The second kappa shape index (κ2) is 8.87. The molecule has 5 nitrogen and oxygen atoms in total. The van der Waals surface area contributed by atoms with Crippen molar-refractivity contribution in [1.82, 2.24) is 15.3 Å². The van der Waals surface area contributed by atoms with Gasteiger partial charge in [-0.05, 0) is 56.4 Å². The van der Waals surface area contributed by atoms with E-state index in [9.17, 15) is 4.79 Å². The first kappa shape index (κ1) is 19.8. The minimum absolute atomic E-state index is 0.0734. The first-order valence-corrected chi connectivity index (χ1v) is 10.7. The summed E-state index contributed by atoms with van der Waals surface area (Å²) in [5, 5.41) is 3.91. The van der Waals surface area contributed by atoms with Crippen LogP contribution >= 0.6 is 11.6 Å². The van der Waals surface area contributed by atoms with Gasteiger partial charge in [0, 0.05) is 30.1 Å². The molecule has 1 aliphatic heterocycles. The van der Waals surface area contributed by atoms with Gasteiger partial charge in [0.2, 0.25) is 11.9 Å². The molecule has 1 atom stereocenters. The number of halogens is 1. The van der Waals surface area contributed by atoms with Crippen LogP contribution in [0.2, 0.25) is 5.02 Å². The lowest BCUT2D eigenvalue weighted by Gasteiger charge is -2.31. The van der Waals surface area contributed by atoms with Gasteiger partial charge in [0.1, 0.15) is 0 Å². The lowest BCUT2D eigenvalue weighted by Crippen LogP contribution is -2.43. The van der Waals surface area contributed by atoms with Gasteiger partial charge < -0.3 is 15.2 Å². The molecule has 0 unspecified atom stereocenters. The second-order valence-corrected chi connectivity index (χ2v) is 8.35. The fraction of sp³-hybridized carbons (Fsp3) is 0.391. The summed E-state index contributed by atoms with van der Waals surface area (Å²) in [4.78, 5) is 22.9. The van der Waals surface area contributed by atoms with Crippen molar-refractivity contribution >= 4 is 34.5 Å². The summed E-state index contributed by atoms with van der Waals surface area (Å²) in [6.45, 7) is 3.74. The van der Waals surface area contributed by atoms with Crippen molar-refractivity contribution in [2.75, 3.05) is 18.0 Å². The van der Waals surface area contributed by atoms with E-state index in [1.165, 1.54) is 5.56 Å². The first-order chi connectivity index (χ1) is 14.1. The van der Waals surface area contributed by atoms with Crippen molar-refractivity contribution < 1.29 is 4.79 Å². The normalized spacial score (nSPS) is 16.1. The fourth-order valence-electron chi connectivity index (χ4n) is 3.93. The van der Waals surface area contributed by atoms with Crippen LogP contribution in [0.4, 0.5) is 5.95 Å². The monoisotopic (exact) mass is 410 g/mol. The highest BCUT2D eigenvalue weighted by Crippen LogP contribution is 2.25. The van der Waals surface area contributed by atoms with Crippen LogP contribution in [0.1, 0.15) is 31.7 Å². The molecule has 29 heavy (non-hydrogen) atoms. The van der Waals surface area contributed by atoms with Crippen molar-refractivity contribution in [3.8, 4) is 0 Å². The molecule has 4 rings (SSSR count). The lowest BCUT2D eigenvalue weighted by atomic mass is 9.95. The van der Waals surface area contributed by atoms with Gasteiger partial charge in [-0.1, -0.05) is 41.9 Å². The zero-order valence-corrected chi connectivity index (χ0v) is 17.5. The maximum Gasteiger partial charge on any atom is 0.223 e. The summed E-state index contributed by atoms with van der Waals surface area (Å²) in [7, 11) is 0. The third-order valence-corrected chi connectivity index (χ3v) is 5.93. The fourth-order valence-corrected chi connectivity index (χ4v) is 4.10. The maximum atomic E-state index is 12.7. The number of aromatic amines is 1. The number of rotatable bonds is 6. The molecule has 1 amide bonds. The van der Waals surface area contributed by atoms with Gasteiger partial charge in [0.25, 0.3) is 0 Å². The molecule has 3 aromatic rings. The predicted octanol–water partition coefficient (Wildman–Crippen LogP) is 4.57. The maximum absolute atomic E-state index is 12.7. The summed E-state index contributed by atoms with van der Waals surface area (Å²) in [6, 6.07) is 16.3. The zero-order chi connectivity index (χ0) is 20.2. The molecule has 0 radical (unpaired) electrons. The number of H-pyrrole nitrogens is 1. The van der Waals surface area contributed by atoms with Crippen LogP contribution < -0.4 is 10.2 Å². The number of imidazole rings is 1. The van der Waals surface area contributed by atoms with Crippen LogP contribution in [0.25, 0.3) is 11.0 Å². The number of aryl methyl sites for hydroxylation is 1. The smallest absolute Gasteiger partial charge is 0.223 e. The number of nitrogens with one attached hydrogen (secondary N) is 2. The Labute approximate surface area is 176 Å². The molecule has 0 bridgehead atoms. The molecule has 0 spiro atoms. The third kappa shape index (κ3) is 4.91. The molecule has 1 aliphatic rings. The topological polar surface area (TPSA) is 61.0 Å². The van der Waals surface area contributed by atoms with E-state index in [-0.39, 0.29) is 17.9 Å². The molecule has 0 aliphatic carbocycles. The van der Waals surface area contributed by atoms with Gasteiger partial charge in [-0.3, -0.25) is 4.79 Å². The minimum atomic E-state index is 0.0734. The van der Waals surface area contributed by atoms with Gasteiger partial charge in [0.05, 0.1) is 11.0 Å². The highest BCUT2D eigenvalue weighted by Gasteiger charge is 2.27. The molecule has 2 N–H and O–H groups in total. The van der Waals surface area contributed by atoms with E-state index in [0.29, 0.717) is 5.02 Å². The van der Waals surface area contributed by atoms with Gasteiger partial charge in [-0.2, -0.15) is 0 Å². The van der Waals surface area contributed by atoms with E-state index in [1.807, 2.05) is 24.3 Å². The Kier molecular flexibility index (Phi) is 6.05. The Bertz CT molecular complexity index is 963. The number of amides is 1. The van der Waals surface area contributed by atoms with Crippen LogP contribution in [0.5, 0.6) is 0 Å². The second-order valence-electron chi connectivity index (χ2n) is 7.92. The number of hydrogen-bond acceptors (Lipinski definition) is 3. The molecule has 6 heteroatoms. The summed E-state index contributed by atoms with van der Waals surface area (Å²) >= 11 is 6.06. The first-order valence-electron chi connectivity index (χ1n) is 10.3. The minimum Gasteiger partial charge on any atom is -0.353 e. The number of piperidine rings is 1. The van der Waals surface area contributed by atoms with E-state index in [2.05, 4.69) is 51.4 Å². The molecule has 2 aromatic carbocycles. The Morgan fingerprint density at radius 1 is 1.24 bits per heavy atom. The van der Waals surface area contributed by atoms with E-state index in [1.54, 1.807) is 0 Å². The van der Waals surface area contributed by atoms with E-state index < -0.39 is 0 Å². The molecule has 2 heterocycles. The molecule has 0 saturated carbocycles. The zero-order valence-electron chi connectivity index (χ0n) is 16.7. The quantitative estimate of drug-likeness (QED) is 0.625. The van der Waals surface area contributed by atoms with Crippen molar-refractivity contribution in [2.45, 2.75) is 38.6 Å². The molecule has 1 fully saturated rings. The standard InChI is InChI=1S/C23H27ClN4O/c1-16(7-8-17-5-3-2-4-6-17)25-22(29)18-11-13-28(14-12-18)23-26-20-10-9-19(24)15-21(20)27-23/h2-6,9-10,15-16,18H,7-8,11-14H2,1H3,(H,25,29)(H,26,27)/t16-/m0/s1. The van der Waals surface area contributed by atoms with E-state index in [0.717, 1.165) is 55.8 Å². The average Bonchev–Trinajstić information content (AvgIpc) is 3.16. The number of carbonyl (C=O) groups excluding carboxylic acids is 1. The molecule has 1 aromatic heterocycles. The Morgan fingerprint density at radius 2 is 2.00 bits per heavy atom.